The van der Waals surface area contributed by atoms with E-state index in [2.05, 4.69) is 0 Å². The Bertz CT molecular complexity index is 1340. The molecule has 0 bridgehead atoms. The van der Waals surface area contributed by atoms with Crippen LogP contribution in [0.2, 0.25) is 0 Å². The van der Waals surface area contributed by atoms with Crippen molar-refractivity contribution < 1.29 is 32.9 Å². The molecular formula is C27H31NO8. The first-order valence-electron chi connectivity index (χ1n) is 11.7. The summed E-state index contributed by atoms with van der Waals surface area (Å²) in [5.74, 6) is 1.98. The lowest BCUT2D eigenvalue weighted by atomic mass is 9.97. The van der Waals surface area contributed by atoms with Crippen molar-refractivity contribution >= 4 is 22.6 Å². The van der Waals surface area contributed by atoms with Gasteiger partial charge in [0.25, 0.3) is 0 Å². The molecule has 0 amide bonds. The summed E-state index contributed by atoms with van der Waals surface area (Å²) in [5.41, 5.74) is 3.89. The number of carbonyl (C=O) groups excluding carboxylic acids is 1. The Morgan fingerprint density at radius 1 is 1.03 bits per heavy atom. The van der Waals surface area contributed by atoms with Gasteiger partial charge in [0, 0.05) is 52.9 Å². The summed E-state index contributed by atoms with van der Waals surface area (Å²) in [6, 6.07) is 5.75. The molecule has 1 aliphatic rings. The van der Waals surface area contributed by atoms with Crippen LogP contribution < -0.4 is 29.5 Å². The van der Waals surface area contributed by atoms with E-state index >= 15 is 0 Å². The summed E-state index contributed by atoms with van der Waals surface area (Å²) in [7, 11) is 4.72. The quantitative estimate of drug-likeness (QED) is 0.333. The number of benzene rings is 2. The van der Waals surface area contributed by atoms with E-state index in [4.69, 9.17) is 28.1 Å². The highest BCUT2D eigenvalue weighted by Crippen LogP contribution is 2.43. The number of hydrogen-bond acceptors (Lipinski definition) is 9. The van der Waals surface area contributed by atoms with Gasteiger partial charge in [-0.1, -0.05) is 0 Å². The summed E-state index contributed by atoms with van der Waals surface area (Å²) in [6.07, 6.45) is 0.375. The first-order chi connectivity index (χ1) is 17.3. The fourth-order valence-corrected chi connectivity index (χ4v) is 4.61. The summed E-state index contributed by atoms with van der Waals surface area (Å²) in [4.78, 5) is 26.7. The van der Waals surface area contributed by atoms with Crippen molar-refractivity contribution in [3.05, 3.63) is 50.9 Å². The van der Waals surface area contributed by atoms with Gasteiger partial charge in [0.1, 0.15) is 11.3 Å². The molecule has 9 nitrogen and oxygen atoms in total. The lowest BCUT2D eigenvalue weighted by Gasteiger charge is -2.32. The highest BCUT2D eigenvalue weighted by Gasteiger charge is 2.26. The smallest absolute Gasteiger partial charge is 0.339 e. The molecule has 0 aliphatic carbocycles. The number of hydrogen-bond donors (Lipinski definition) is 0. The van der Waals surface area contributed by atoms with Gasteiger partial charge in [-0.25, -0.2) is 4.79 Å². The molecule has 1 aromatic heterocycles. The van der Waals surface area contributed by atoms with E-state index in [0.717, 1.165) is 27.8 Å². The molecule has 9 heteroatoms. The first kappa shape index (κ1) is 25.2. The molecule has 1 aliphatic heterocycles. The molecule has 0 unspecified atom stereocenters. The van der Waals surface area contributed by atoms with Gasteiger partial charge in [-0.2, -0.15) is 0 Å². The van der Waals surface area contributed by atoms with Crippen molar-refractivity contribution in [2.75, 3.05) is 39.6 Å². The number of anilines is 1. The zero-order valence-electron chi connectivity index (χ0n) is 21.5. The minimum absolute atomic E-state index is 0.118. The molecule has 0 N–H and O–H groups in total. The summed E-state index contributed by atoms with van der Waals surface area (Å²) in [6.45, 7) is 6.67. The molecule has 3 aromatic rings. The van der Waals surface area contributed by atoms with E-state index in [9.17, 15) is 9.59 Å². The number of rotatable bonds is 8. The van der Waals surface area contributed by atoms with Crippen molar-refractivity contribution in [1.82, 2.24) is 0 Å². The predicted octanol–water partition coefficient (Wildman–Crippen LogP) is 4.29. The lowest BCUT2D eigenvalue weighted by Crippen LogP contribution is -2.32. The minimum Gasteiger partial charge on any atom is -0.493 e. The Balaban J connectivity index is 1.73. The molecule has 192 valence electrons. The summed E-state index contributed by atoms with van der Waals surface area (Å²) in [5, 5.41) is 0.819. The largest absolute Gasteiger partial charge is 0.493 e. The van der Waals surface area contributed by atoms with Gasteiger partial charge < -0.3 is 33.0 Å². The Labute approximate surface area is 209 Å². The number of fused-ring (bicyclic) bond motifs is 2. The normalized spacial score (nSPS) is 12.7. The van der Waals surface area contributed by atoms with E-state index in [-0.39, 0.29) is 18.8 Å². The number of methoxy groups -OCH3 is 3. The molecular weight excluding hydrogens is 466 g/mol. The van der Waals surface area contributed by atoms with Gasteiger partial charge >= 0.3 is 11.6 Å². The van der Waals surface area contributed by atoms with Crippen molar-refractivity contribution in [3.8, 4) is 23.0 Å². The molecule has 0 atom stereocenters. The Morgan fingerprint density at radius 3 is 2.33 bits per heavy atom. The number of nitrogens with zero attached hydrogens (tertiary/aromatic N) is 1. The van der Waals surface area contributed by atoms with Crippen molar-refractivity contribution in [1.29, 1.82) is 0 Å². The molecule has 4 rings (SSSR count). The molecule has 2 aromatic carbocycles. The highest BCUT2D eigenvalue weighted by atomic mass is 16.5. The maximum Gasteiger partial charge on any atom is 0.339 e. The Morgan fingerprint density at radius 2 is 1.72 bits per heavy atom. The van der Waals surface area contributed by atoms with Crippen LogP contribution >= 0.6 is 0 Å². The van der Waals surface area contributed by atoms with Gasteiger partial charge in [0.05, 0.1) is 27.9 Å². The van der Waals surface area contributed by atoms with Crippen LogP contribution in [0.4, 0.5) is 5.69 Å². The monoisotopic (exact) mass is 497 g/mol. The molecule has 0 fully saturated rings. The summed E-state index contributed by atoms with van der Waals surface area (Å²) < 4.78 is 33.3. The number of carbonyl (C=O) groups is 1. The molecule has 36 heavy (non-hydrogen) atoms. The fourth-order valence-electron chi connectivity index (χ4n) is 4.61. The van der Waals surface area contributed by atoms with Gasteiger partial charge in [-0.15, -0.1) is 0 Å². The highest BCUT2D eigenvalue weighted by molar-refractivity contribution is 5.87. The third-order valence-electron chi connectivity index (χ3n) is 6.46. The third kappa shape index (κ3) is 4.53. The van der Waals surface area contributed by atoms with Crippen molar-refractivity contribution in [2.24, 2.45) is 0 Å². The average molecular weight is 498 g/mol. The number of esters is 1. The Kier molecular flexibility index (Phi) is 7.28. The zero-order chi connectivity index (χ0) is 26.0. The van der Waals surface area contributed by atoms with Crippen molar-refractivity contribution in [3.63, 3.8) is 0 Å². The topological polar surface area (TPSA) is 96.7 Å². The number of aryl methyl sites for hydroxylation is 2. The first-order valence-corrected chi connectivity index (χ1v) is 11.7. The maximum atomic E-state index is 12.8. The average Bonchev–Trinajstić information content (AvgIpc) is 2.88. The van der Waals surface area contributed by atoms with Crippen molar-refractivity contribution in [2.45, 2.75) is 40.2 Å². The minimum atomic E-state index is -0.442. The van der Waals surface area contributed by atoms with E-state index in [1.165, 1.54) is 0 Å². The van der Waals surface area contributed by atoms with Crippen LogP contribution in [0.3, 0.4) is 0 Å². The van der Waals surface area contributed by atoms with E-state index in [1.54, 1.807) is 28.3 Å². The molecule has 0 spiro atoms. The van der Waals surface area contributed by atoms with Crippen LogP contribution in [0.15, 0.2) is 27.4 Å². The van der Waals surface area contributed by atoms with Crippen LogP contribution in [0.25, 0.3) is 11.0 Å². The molecule has 2 heterocycles. The maximum absolute atomic E-state index is 12.8. The fraction of sp³-hybridized carbons (Fsp3) is 0.407. The zero-order valence-corrected chi connectivity index (χ0v) is 21.5. The molecule has 0 radical (unpaired) electrons. The lowest BCUT2D eigenvalue weighted by molar-refractivity contribution is -0.143. The van der Waals surface area contributed by atoms with Crippen LogP contribution in [-0.4, -0.2) is 40.6 Å². The number of ether oxygens (including phenoxy) is 5. The third-order valence-corrected chi connectivity index (χ3v) is 6.46. The van der Waals surface area contributed by atoms with Crippen LogP contribution in [0.1, 0.15) is 35.6 Å². The molecule has 0 saturated heterocycles. The van der Waals surface area contributed by atoms with Gasteiger partial charge in [0.15, 0.2) is 18.2 Å². The van der Waals surface area contributed by atoms with E-state index < -0.39 is 5.63 Å². The SMILES string of the molecule is CCOC(=O)CCc1c(C)c2cc3c(c(C)c2oc1=O)OCN(c1cc(OC)c(OC)c(OC)c1)C3. The van der Waals surface area contributed by atoms with Gasteiger partial charge in [-0.3, -0.25) is 4.79 Å². The summed E-state index contributed by atoms with van der Waals surface area (Å²) >= 11 is 0. The second-order valence-corrected chi connectivity index (χ2v) is 8.52. The van der Waals surface area contributed by atoms with E-state index in [0.29, 0.717) is 54.0 Å². The Hall–Kier alpha value is -3.88. The van der Waals surface area contributed by atoms with Crippen LogP contribution in [0.5, 0.6) is 23.0 Å². The van der Waals surface area contributed by atoms with Crippen LogP contribution in [0, 0.1) is 13.8 Å². The van der Waals surface area contributed by atoms with Crippen LogP contribution in [-0.2, 0) is 22.5 Å². The van der Waals surface area contributed by atoms with E-state index in [1.807, 2.05) is 36.9 Å². The second-order valence-electron chi connectivity index (χ2n) is 8.52. The van der Waals surface area contributed by atoms with Gasteiger partial charge in [-0.05, 0) is 38.8 Å². The molecule has 0 saturated carbocycles. The van der Waals surface area contributed by atoms with Gasteiger partial charge in [0.2, 0.25) is 5.75 Å². The standard InChI is InChI=1S/C27H31NO8/c1-7-34-23(29)9-8-19-15(2)20-10-17-13-28(14-35-24(17)16(3)25(20)36-27(19)30)18-11-21(31-4)26(33-6)22(12-18)32-5/h10-12H,7-9,13-14H2,1-6H3. The second kappa shape index (κ2) is 10.4. The predicted molar refractivity (Wildman–Crippen MR) is 135 cm³/mol.